The molecule has 0 spiro atoms. The number of aromatic nitrogens is 1. The Kier molecular flexibility index (Phi) is 3.33. The van der Waals surface area contributed by atoms with Crippen molar-refractivity contribution in [2.45, 2.75) is 24.0 Å². The van der Waals surface area contributed by atoms with E-state index in [-0.39, 0.29) is 0 Å². The van der Waals surface area contributed by atoms with Crippen LogP contribution in [0.4, 0.5) is 0 Å². The van der Waals surface area contributed by atoms with Crippen molar-refractivity contribution >= 4 is 28.6 Å². The lowest BCUT2D eigenvalue weighted by atomic mass is 10.2. The van der Waals surface area contributed by atoms with Gasteiger partial charge in [0, 0.05) is 16.0 Å². The number of hydrogen-bond acceptors (Lipinski definition) is 3. The Hall–Kier alpha value is -1.55. The lowest BCUT2D eigenvalue weighted by molar-refractivity contribution is -0.136. The number of carboxylic acid groups (broad SMARTS) is 1. The molecule has 2 rings (SSSR count). The summed E-state index contributed by atoms with van der Waals surface area (Å²) in [6, 6.07) is 9.72. The summed E-state index contributed by atoms with van der Waals surface area (Å²) in [6.45, 7) is 3.61. The Morgan fingerprint density at radius 1 is 1.41 bits per heavy atom. The first-order valence-corrected chi connectivity index (χ1v) is 6.22. The van der Waals surface area contributed by atoms with Crippen molar-refractivity contribution in [1.29, 1.82) is 0 Å². The number of benzene rings is 1. The second-order valence-electron chi connectivity index (χ2n) is 3.88. The zero-order chi connectivity index (χ0) is 12.4. The van der Waals surface area contributed by atoms with Gasteiger partial charge in [0.1, 0.15) is 5.25 Å². The lowest BCUT2D eigenvalue weighted by Gasteiger charge is -2.10. The average Bonchev–Trinajstić information content (AvgIpc) is 2.28. The molecule has 2 aromatic rings. The monoisotopic (exact) mass is 247 g/mol. The predicted molar refractivity (Wildman–Crippen MR) is 69.4 cm³/mol. The molecule has 17 heavy (non-hydrogen) atoms. The number of thioether (sulfide) groups is 1. The number of aryl methyl sites for hydroxylation is 1. The maximum Gasteiger partial charge on any atom is 0.316 e. The van der Waals surface area contributed by atoms with E-state index in [9.17, 15) is 4.79 Å². The lowest BCUT2D eigenvalue weighted by Crippen LogP contribution is -2.11. The van der Waals surface area contributed by atoms with E-state index in [0.29, 0.717) is 0 Å². The molecule has 0 aliphatic carbocycles. The minimum atomic E-state index is -0.798. The molecule has 0 saturated carbocycles. The number of aliphatic carboxylic acids is 1. The molecule has 1 N–H and O–H groups in total. The Morgan fingerprint density at radius 3 is 2.82 bits per heavy atom. The minimum Gasteiger partial charge on any atom is -0.480 e. The number of pyridine rings is 1. The van der Waals surface area contributed by atoms with Crippen molar-refractivity contribution in [2.75, 3.05) is 0 Å². The first-order chi connectivity index (χ1) is 8.08. The van der Waals surface area contributed by atoms with Gasteiger partial charge < -0.3 is 5.11 Å². The molecule has 4 heteroatoms. The topological polar surface area (TPSA) is 50.2 Å². The van der Waals surface area contributed by atoms with Crippen LogP contribution < -0.4 is 0 Å². The second kappa shape index (κ2) is 4.75. The van der Waals surface area contributed by atoms with Gasteiger partial charge in [0.2, 0.25) is 0 Å². The van der Waals surface area contributed by atoms with E-state index < -0.39 is 11.2 Å². The van der Waals surface area contributed by atoms with Gasteiger partial charge in [0.05, 0.1) is 5.52 Å². The van der Waals surface area contributed by atoms with Crippen LogP contribution in [0.15, 0.2) is 35.2 Å². The van der Waals surface area contributed by atoms with Crippen LogP contribution in [0, 0.1) is 6.92 Å². The summed E-state index contributed by atoms with van der Waals surface area (Å²) in [7, 11) is 0. The van der Waals surface area contributed by atoms with Gasteiger partial charge in [0.15, 0.2) is 0 Å². The number of nitrogens with zero attached hydrogens (tertiary/aromatic N) is 1. The average molecular weight is 247 g/mol. The maximum atomic E-state index is 10.9. The summed E-state index contributed by atoms with van der Waals surface area (Å²) in [5.74, 6) is -0.798. The number of carbonyl (C=O) groups is 1. The van der Waals surface area contributed by atoms with Crippen LogP contribution in [0.1, 0.15) is 12.6 Å². The SMILES string of the molecule is Cc1cc(SC(C)C(=O)O)c2ccccc2n1. The molecule has 0 radical (unpaired) electrons. The van der Waals surface area contributed by atoms with Gasteiger partial charge in [-0.25, -0.2) is 0 Å². The molecule has 1 atom stereocenters. The number of rotatable bonds is 3. The molecule has 0 bridgehead atoms. The molecule has 0 saturated heterocycles. The molecule has 1 unspecified atom stereocenters. The van der Waals surface area contributed by atoms with Crippen LogP contribution >= 0.6 is 11.8 Å². The largest absolute Gasteiger partial charge is 0.480 e. The number of carboxylic acids is 1. The van der Waals surface area contributed by atoms with Gasteiger partial charge in [-0.1, -0.05) is 18.2 Å². The van der Waals surface area contributed by atoms with Crippen molar-refractivity contribution < 1.29 is 9.90 Å². The summed E-state index contributed by atoms with van der Waals surface area (Å²) < 4.78 is 0. The van der Waals surface area contributed by atoms with Crippen molar-refractivity contribution in [3.8, 4) is 0 Å². The zero-order valence-electron chi connectivity index (χ0n) is 9.68. The van der Waals surface area contributed by atoms with Crippen LogP contribution in [-0.2, 0) is 4.79 Å². The van der Waals surface area contributed by atoms with Crippen LogP contribution in [0.5, 0.6) is 0 Å². The van der Waals surface area contributed by atoms with E-state index in [1.54, 1.807) is 6.92 Å². The minimum absolute atomic E-state index is 0.458. The van der Waals surface area contributed by atoms with E-state index in [1.807, 2.05) is 37.3 Å². The van der Waals surface area contributed by atoms with E-state index >= 15 is 0 Å². The van der Waals surface area contributed by atoms with E-state index in [1.165, 1.54) is 11.8 Å². The summed E-state index contributed by atoms with van der Waals surface area (Å²) >= 11 is 1.36. The fourth-order valence-electron chi connectivity index (χ4n) is 1.61. The van der Waals surface area contributed by atoms with E-state index in [0.717, 1.165) is 21.5 Å². The molecule has 0 aliphatic heterocycles. The number of hydrogen-bond donors (Lipinski definition) is 1. The van der Waals surface area contributed by atoms with E-state index in [4.69, 9.17) is 5.11 Å². The van der Waals surface area contributed by atoms with Gasteiger partial charge in [-0.05, 0) is 26.0 Å². The standard InChI is InChI=1S/C13H13NO2S/c1-8-7-12(17-9(2)13(15)16)10-5-3-4-6-11(10)14-8/h3-7,9H,1-2H3,(H,15,16). The fraction of sp³-hybridized carbons (Fsp3) is 0.231. The van der Waals surface area contributed by atoms with Gasteiger partial charge in [-0.3, -0.25) is 9.78 Å². The highest BCUT2D eigenvalue weighted by molar-refractivity contribution is 8.00. The Bertz CT molecular complexity index is 568. The summed E-state index contributed by atoms with van der Waals surface area (Å²) in [6.07, 6.45) is 0. The third kappa shape index (κ3) is 2.58. The number of para-hydroxylation sites is 1. The molecule has 88 valence electrons. The van der Waals surface area contributed by atoms with Crippen LogP contribution in [0.25, 0.3) is 10.9 Å². The van der Waals surface area contributed by atoms with Crippen LogP contribution in [0.3, 0.4) is 0 Å². The Balaban J connectivity index is 2.49. The first kappa shape index (κ1) is 11.9. The normalized spacial score (nSPS) is 12.6. The van der Waals surface area contributed by atoms with Crippen LogP contribution in [-0.4, -0.2) is 21.3 Å². The van der Waals surface area contributed by atoms with Gasteiger partial charge >= 0.3 is 5.97 Å². The molecule has 0 amide bonds. The first-order valence-electron chi connectivity index (χ1n) is 5.34. The Labute approximate surface area is 104 Å². The molecule has 1 aromatic heterocycles. The predicted octanol–water partition coefficient (Wildman–Crippen LogP) is 3.11. The highest BCUT2D eigenvalue weighted by Crippen LogP contribution is 2.30. The van der Waals surface area contributed by atoms with Crippen molar-refractivity contribution in [3.05, 3.63) is 36.0 Å². The quantitative estimate of drug-likeness (QED) is 0.847. The Morgan fingerprint density at radius 2 is 2.12 bits per heavy atom. The van der Waals surface area contributed by atoms with Crippen molar-refractivity contribution in [3.63, 3.8) is 0 Å². The number of fused-ring (bicyclic) bond motifs is 1. The van der Waals surface area contributed by atoms with Crippen LogP contribution in [0.2, 0.25) is 0 Å². The smallest absolute Gasteiger partial charge is 0.316 e. The van der Waals surface area contributed by atoms with Gasteiger partial charge in [-0.15, -0.1) is 11.8 Å². The summed E-state index contributed by atoms with van der Waals surface area (Å²) in [5.41, 5.74) is 1.82. The molecular formula is C13H13NO2S. The van der Waals surface area contributed by atoms with Crippen molar-refractivity contribution in [2.24, 2.45) is 0 Å². The molecule has 3 nitrogen and oxygen atoms in total. The third-order valence-corrected chi connectivity index (χ3v) is 3.60. The van der Waals surface area contributed by atoms with Gasteiger partial charge in [0.25, 0.3) is 0 Å². The zero-order valence-corrected chi connectivity index (χ0v) is 10.5. The van der Waals surface area contributed by atoms with Crippen molar-refractivity contribution in [1.82, 2.24) is 4.98 Å². The molecule has 0 fully saturated rings. The summed E-state index contributed by atoms with van der Waals surface area (Å²) in [4.78, 5) is 16.3. The fourth-order valence-corrected chi connectivity index (χ4v) is 2.63. The van der Waals surface area contributed by atoms with Gasteiger partial charge in [-0.2, -0.15) is 0 Å². The highest BCUT2D eigenvalue weighted by atomic mass is 32.2. The second-order valence-corrected chi connectivity index (χ2v) is 5.26. The molecular weight excluding hydrogens is 234 g/mol. The maximum absolute atomic E-state index is 10.9. The van der Waals surface area contributed by atoms with E-state index in [2.05, 4.69) is 4.98 Å². The molecule has 1 aromatic carbocycles. The summed E-state index contributed by atoms with van der Waals surface area (Å²) in [5, 5.41) is 9.50. The molecule has 1 heterocycles. The third-order valence-electron chi connectivity index (χ3n) is 2.46. The highest BCUT2D eigenvalue weighted by Gasteiger charge is 2.14. The molecule has 0 aliphatic rings.